The molecule has 0 unspecified atom stereocenters. The van der Waals surface area contributed by atoms with E-state index in [1.165, 1.54) is 19.3 Å². The van der Waals surface area contributed by atoms with Crippen LogP contribution in [0.1, 0.15) is 78.1 Å². The monoisotopic (exact) mass is 393 g/mol. The molecule has 0 aromatic rings. The molecule has 4 nitrogen and oxygen atoms in total. The Balaban J connectivity index is 1.45. The van der Waals surface area contributed by atoms with Gasteiger partial charge >= 0.3 is 6.09 Å². The number of carbonyl (C=O) groups excluding carboxylic acids is 2. The maximum atomic E-state index is 12.2. The second kappa shape index (κ2) is 7.60. The van der Waals surface area contributed by atoms with E-state index in [0.29, 0.717) is 41.9 Å². The van der Waals surface area contributed by atoms with Crippen LogP contribution in [0.25, 0.3) is 0 Å². The first-order valence-electron chi connectivity index (χ1n) is 11.4. The van der Waals surface area contributed by atoms with Crippen LogP contribution in [0.5, 0.6) is 0 Å². The highest BCUT2D eigenvalue weighted by Crippen LogP contribution is 2.66. The van der Waals surface area contributed by atoms with E-state index in [-0.39, 0.29) is 17.6 Å². The second-order valence-electron chi connectivity index (χ2n) is 10.4. The molecule has 0 saturated heterocycles. The maximum absolute atomic E-state index is 12.2. The molecule has 4 fully saturated rings. The molecule has 0 radical (unpaired) electrons. The minimum absolute atomic E-state index is 0.0257. The van der Waals surface area contributed by atoms with Crippen LogP contribution in [-0.2, 0) is 9.53 Å². The Labute approximate surface area is 168 Å². The zero-order chi connectivity index (χ0) is 19.9. The van der Waals surface area contributed by atoms with Crippen molar-refractivity contribution in [2.75, 3.05) is 13.2 Å². The molecule has 4 saturated carbocycles. The standard InChI is InChI=1S/C23H36FNO3/c1-22-10-8-16(26)14-15(22)4-5-17-18-6-7-20(23(18,2)11-9-19(17)22)28-21(27)25-13-3-12-24/h15,17-20H,3-14H2,1-2H3,(H,25,27)/t15-,17-,18-,19-,20-,22-,23-/m0/s1. The van der Waals surface area contributed by atoms with Gasteiger partial charge in [0.25, 0.3) is 0 Å². The van der Waals surface area contributed by atoms with Crippen LogP contribution in [0.4, 0.5) is 9.18 Å². The predicted molar refractivity (Wildman–Crippen MR) is 106 cm³/mol. The minimum Gasteiger partial charge on any atom is -0.446 e. The van der Waals surface area contributed by atoms with Crippen LogP contribution in [-0.4, -0.2) is 31.2 Å². The number of hydrogen-bond acceptors (Lipinski definition) is 3. The predicted octanol–water partition coefficient (Wildman–Crippen LogP) is 5.05. The number of Topliss-reactive ketones (excluding diaryl/α,β-unsaturated/α-hetero) is 1. The Morgan fingerprint density at radius 1 is 1.11 bits per heavy atom. The van der Waals surface area contributed by atoms with Gasteiger partial charge in [-0.15, -0.1) is 0 Å². The first-order chi connectivity index (χ1) is 13.4. The lowest BCUT2D eigenvalue weighted by molar-refractivity contribution is -0.142. The maximum Gasteiger partial charge on any atom is 0.407 e. The number of ether oxygens (including phenoxy) is 1. The zero-order valence-electron chi connectivity index (χ0n) is 17.5. The van der Waals surface area contributed by atoms with E-state index >= 15 is 0 Å². The lowest BCUT2D eigenvalue weighted by Gasteiger charge is -2.60. The van der Waals surface area contributed by atoms with Gasteiger partial charge in [-0.25, -0.2) is 4.79 Å². The van der Waals surface area contributed by atoms with E-state index in [1.54, 1.807) is 0 Å². The van der Waals surface area contributed by atoms with Crippen LogP contribution in [0.2, 0.25) is 0 Å². The highest BCUT2D eigenvalue weighted by Gasteiger charge is 2.61. The molecule has 5 heteroatoms. The van der Waals surface area contributed by atoms with Crippen molar-refractivity contribution in [3.63, 3.8) is 0 Å². The molecule has 4 aliphatic rings. The van der Waals surface area contributed by atoms with Crippen molar-refractivity contribution in [3.05, 3.63) is 0 Å². The van der Waals surface area contributed by atoms with Gasteiger partial charge in [0.1, 0.15) is 11.9 Å². The van der Waals surface area contributed by atoms with Gasteiger partial charge in [0.05, 0.1) is 6.67 Å². The SMILES string of the molecule is C[C@]12CCC(=O)C[C@@H]1CC[C@@H]1[C@@H]2CC[C@]2(C)[C@@H](OC(=O)NCCCF)CC[C@@H]12. The normalized spacial score (nSPS) is 45.0. The summed E-state index contributed by atoms with van der Waals surface area (Å²) in [5, 5.41) is 2.69. The van der Waals surface area contributed by atoms with Crippen molar-refractivity contribution < 1.29 is 18.7 Å². The summed E-state index contributed by atoms with van der Waals surface area (Å²) in [5.74, 6) is 3.08. The molecule has 1 amide bonds. The van der Waals surface area contributed by atoms with Crippen molar-refractivity contribution in [3.8, 4) is 0 Å². The van der Waals surface area contributed by atoms with E-state index in [9.17, 15) is 14.0 Å². The first kappa shape index (κ1) is 20.2. The molecule has 0 bridgehead atoms. The quantitative estimate of drug-likeness (QED) is 0.680. The molecule has 1 N–H and O–H groups in total. The fourth-order valence-corrected chi connectivity index (χ4v) is 7.62. The molecular formula is C23H36FNO3. The van der Waals surface area contributed by atoms with Crippen LogP contribution in [0.3, 0.4) is 0 Å². The molecule has 4 rings (SSSR count). The van der Waals surface area contributed by atoms with Crippen molar-refractivity contribution in [2.45, 2.75) is 84.2 Å². The number of alkyl carbamates (subject to hydrolysis) is 1. The number of amides is 1. The van der Waals surface area contributed by atoms with E-state index in [2.05, 4.69) is 19.2 Å². The fraction of sp³-hybridized carbons (Fsp3) is 0.913. The van der Waals surface area contributed by atoms with Gasteiger partial charge < -0.3 is 10.1 Å². The number of hydrogen-bond donors (Lipinski definition) is 1. The average molecular weight is 394 g/mol. The smallest absolute Gasteiger partial charge is 0.407 e. The fourth-order valence-electron chi connectivity index (χ4n) is 7.62. The van der Waals surface area contributed by atoms with Crippen molar-refractivity contribution in [1.82, 2.24) is 5.32 Å². The Bertz CT molecular complexity index is 625. The molecule has 0 heterocycles. The second-order valence-corrected chi connectivity index (χ2v) is 10.4. The van der Waals surface area contributed by atoms with E-state index in [4.69, 9.17) is 4.74 Å². The van der Waals surface area contributed by atoms with Gasteiger partial charge in [-0.2, -0.15) is 0 Å². The summed E-state index contributed by atoms with van der Waals surface area (Å²) in [6.45, 7) is 4.72. The molecule has 7 atom stereocenters. The van der Waals surface area contributed by atoms with E-state index < -0.39 is 6.67 Å². The van der Waals surface area contributed by atoms with Crippen molar-refractivity contribution >= 4 is 11.9 Å². The van der Waals surface area contributed by atoms with Gasteiger partial charge in [0, 0.05) is 24.8 Å². The number of rotatable bonds is 4. The van der Waals surface area contributed by atoms with E-state index in [0.717, 1.165) is 44.4 Å². The van der Waals surface area contributed by atoms with Gasteiger partial charge in [-0.3, -0.25) is 9.18 Å². The van der Waals surface area contributed by atoms with E-state index in [1.807, 2.05) is 0 Å². The van der Waals surface area contributed by atoms with Crippen LogP contribution < -0.4 is 5.32 Å². The van der Waals surface area contributed by atoms with Crippen LogP contribution in [0, 0.1) is 34.5 Å². The lowest BCUT2D eigenvalue weighted by atomic mass is 9.45. The summed E-state index contributed by atoms with van der Waals surface area (Å²) in [7, 11) is 0. The summed E-state index contributed by atoms with van der Waals surface area (Å²) in [6.07, 6.45) is 9.36. The molecule has 0 aromatic carbocycles. The number of ketones is 1. The largest absolute Gasteiger partial charge is 0.446 e. The first-order valence-corrected chi connectivity index (χ1v) is 11.4. The third-order valence-electron chi connectivity index (χ3n) is 9.22. The summed E-state index contributed by atoms with van der Waals surface area (Å²) in [4.78, 5) is 24.2. The Hall–Kier alpha value is -1.13. The van der Waals surface area contributed by atoms with Crippen LogP contribution in [0.15, 0.2) is 0 Å². The number of fused-ring (bicyclic) bond motifs is 5. The van der Waals surface area contributed by atoms with Crippen molar-refractivity contribution in [2.24, 2.45) is 34.5 Å². The van der Waals surface area contributed by atoms with Gasteiger partial charge in [0.15, 0.2) is 0 Å². The molecule has 0 spiro atoms. The lowest BCUT2D eigenvalue weighted by Crippen LogP contribution is -2.54. The average Bonchev–Trinajstić information content (AvgIpc) is 2.99. The molecular weight excluding hydrogens is 357 g/mol. The summed E-state index contributed by atoms with van der Waals surface area (Å²) < 4.78 is 18.1. The van der Waals surface area contributed by atoms with Gasteiger partial charge in [0.2, 0.25) is 0 Å². The number of alkyl halides is 1. The van der Waals surface area contributed by atoms with Crippen LogP contribution >= 0.6 is 0 Å². The third kappa shape index (κ3) is 3.27. The zero-order valence-corrected chi connectivity index (χ0v) is 17.5. The molecule has 158 valence electrons. The van der Waals surface area contributed by atoms with Gasteiger partial charge in [-0.05, 0) is 80.5 Å². The number of nitrogens with one attached hydrogen (secondary N) is 1. The molecule has 28 heavy (non-hydrogen) atoms. The summed E-state index contributed by atoms with van der Waals surface area (Å²) >= 11 is 0. The summed E-state index contributed by atoms with van der Waals surface area (Å²) in [6, 6.07) is 0. The Morgan fingerprint density at radius 2 is 1.89 bits per heavy atom. The molecule has 4 aliphatic carbocycles. The van der Waals surface area contributed by atoms with Gasteiger partial charge in [-0.1, -0.05) is 13.8 Å². The molecule has 0 aliphatic heterocycles. The Morgan fingerprint density at radius 3 is 2.68 bits per heavy atom. The number of carbonyl (C=O) groups is 2. The Kier molecular flexibility index (Phi) is 5.47. The minimum atomic E-state index is -0.419. The highest BCUT2D eigenvalue weighted by molar-refractivity contribution is 5.79. The van der Waals surface area contributed by atoms with Crippen molar-refractivity contribution in [1.29, 1.82) is 0 Å². The molecule has 0 aromatic heterocycles. The topological polar surface area (TPSA) is 55.4 Å². The highest BCUT2D eigenvalue weighted by atomic mass is 19.1. The number of halogens is 1. The third-order valence-corrected chi connectivity index (χ3v) is 9.22. The summed E-state index contributed by atoms with van der Waals surface area (Å²) in [5.41, 5.74) is 0.382.